The predicted octanol–water partition coefficient (Wildman–Crippen LogP) is 3.75. The Labute approximate surface area is 152 Å². The Bertz CT molecular complexity index is 718. The average Bonchev–Trinajstić information content (AvgIpc) is 2.92. The van der Waals surface area contributed by atoms with Gasteiger partial charge in [-0.1, -0.05) is 0 Å². The van der Waals surface area contributed by atoms with Crippen LogP contribution >= 0.6 is 11.3 Å². The summed E-state index contributed by atoms with van der Waals surface area (Å²) < 4.78 is 15.8. The van der Waals surface area contributed by atoms with Gasteiger partial charge in [0.25, 0.3) is 0 Å². The summed E-state index contributed by atoms with van der Waals surface area (Å²) >= 11 is 1.74. The Morgan fingerprint density at radius 3 is 2.20 bits per heavy atom. The van der Waals surface area contributed by atoms with Crippen LogP contribution in [0.25, 0.3) is 0 Å². The number of thiophene rings is 1. The first-order chi connectivity index (χ1) is 12.0. The van der Waals surface area contributed by atoms with Crippen LogP contribution < -0.4 is 24.8 Å². The summed E-state index contributed by atoms with van der Waals surface area (Å²) in [4.78, 5) is 13.4. The van der Waals surface area contributed by atoms with E-state index in [1.54, 1.807) is 23.5 Å². The number of carbonyl (C=O) groups excluding carboxylic acids is 1. The Morgan fingerprint density at radius 1 is 1.08 bits per heavy atom. The van der Waals surface area contributed by atoms with Gasteiger partial charge in [-0.15, -0.1) is 11.3 Å². The lowest BCUT2D eigenvalue weighted by molar-refractivity contribution is 0.252. The molecule has 2 aromatic rings. The van der Waals surface area contributed by atoms with Gasteiger partial charge in [-0.2, -0.15) is 0 Å². The second-order valence-electron chi connectivity index (χ2n) is 5.49. The molecular weight excluding hydrogens is 340 g/mol. The number of benzene rings is 1. The maximum atomic E-state index is 12.1. The van der Waals surface area contributed by atoms with Crippen LogP contribution in [-0.4, -0.2) is 33.9 Å². The fraction of sp³-hybridized carbons (Fsp3) is 0.389. The van der Waals surface area contributed by atoms with E-state index in [2.05, 4.69) is 29.9 Å². The molecule has 1 aromatic carbocycles. The van der Waals surface area contributed by atoms with Crippen molar-refractivity contribution in [1.82, 2.24) is 5.32 Å². The first-order valence-electron chi connectivity index (χ1n) is 7.88. The van der Waals surface area contributed by atoms with Crippen molar-refractivity contribution in [2.45, 2.75) is 20.3 Å². The Kier molecular flexibility index (Phi) is 6.52. The van der Waals surface area contributed by atoms with Gasteiger partial charge >= 0.3 is 6.03 Å². The van der Waals surface area contributed by atoms with Gasteiger partial charge < -0.3 is 24.8 Å². The van der Waals surface area contributed by atoms with Crippen LogP contribution in [0.2, 0.25) is 0 Å². The van der Waals surface area contributed by atoms with Crippen molar-refractivity contribution in [2.75, 3.05) is 33.2 Å². The number of urea groups is 1. The fourth-order valence-corrected chi connectivity index (χ4v) is 3.37. The van der Waals surface area contributed by atoms with Crippen molar-refractivity contribution >= 4 is 23.1 Å². The van der Waals surface area contributed by atoms with Crippen LogP contribution in [0.15, 0.2) is 17.5 Å². The van der Waals surface area contributed by atoms with Gasteiger partial charge in [-0.05, 0) is 36.8 Å². The van der Waals surface area contributed by atoms with Crippen LogP contribution in [0.1, 0.15) is 16.0 Å². The minimum atomic E-state index is -0.279. The number of aryl methyl sites for hydroxylation is 1. The molecule has 0 spiro atoms. The molecular formula is C18H24N2O4S. The summed E-state index contributed by atoms with van der Waals surface area (Å²) in [5, 5.41) is 7.79. The minimum Gasteiger partial charge on any atom is -0.493 e. The third-order valence-electron chi connectivity index (χ3n) is 3.99. The number of hydrogen-bond donors (Lipinski definition) is 2. The van der Waals surface area contributed by atoms with Crippen molar-refractivity contribution in [3.63, 3.8) is 0 Å². The normalized spacial score (nSPS) is 10.3. The van der Waals surface area contributed by atoms with E-state index in [0.29, 0.717) is 29.5 Å². The highest BCUT2D eigenvalue weighted by molar-refractivity contribution is 7.10. The molecule has 0 atom stereocenters. The molecule has 0 bridgehead atoms. The smallest absolute Gasteiger partial charge is 0.319 e. The van der Waals surface area contributed by atoms with Crippen LogP contribution in [0.3, 0.4) is 0 Å². The van der Waals surface area contributed by atoms with Crippen molar-refractivity contribution in [2.24, 2.45) is 0 Å². The first kappa shape index (κ1) is 18.9. The molecule has 6 nitrogen and oxygen atoms in total. The maximum absolute atomic E-state index is 12.1. The molecule has 25 heavy (non-hydrogen) atoms. The molecule has 1 aromatic heterocycles. The van der Waals surface area contributed by atoms with Crippen LogP contribution in [0.5, 0.6) is 17.2 Å². The maximum Gasteiger partial charge on any atom is 0.319 e. The number of anilines is 1. The SMILES string of the molecule is COc1cc(NC(=O)NCCc2csc(C)c2C)cc(OC)c1OC. The molecule has 2 amide bonds. The van der Waals surface area contributed by atoms with Crippen molar-refractivity contribution in [1.29, 1.82) is 0 Å². The lowest BCUT2D eigenvalue weighted by atomic mass is 10.1. The lowest BCUT2D eigenvalue weighted by Gasteiger charge is -2.15. The van der Waals surface area contributed by atoms with Gasteiger partial charge in [-0.3, -0.25) is 0 Å². The van der Waals surface area contributed by atoms with Gasteiger partial charge in [0.05, 0.1) is 27.0 Å². The van der Waals surface area contributed by atoms with Crippen molar-refractivity contribution in [3.8, 4) is 17.2 Å². The highest BCUT2D eigenvalue weighted by atomic mass is 32.1. The third kappa shape index (κ3) is 4.57. The van der Waals surface area contributed by atoms with E-state index < -0.39 is 0 Å². The lowest BCUT2D eigenvalue weighted by Crippen LogP contribution is -2.30. The molecule has 136 valence electrons. The summed E-state index contributed by atoms with van der Waals surface area (Å²) in [6.45, 7) is 4.78. The molecule has 0 saturated heterocycles. The van der Waals surface area contributed by atoms with Crippen LogP contribution in [0, 0.1) is 13.8 Å². The zero-order valence-corrected chi connectivity index (χ0v) is 16.0. The average molecular weight is 364 g/mol. The van der Waals surface area contributed by atoms with Crippen molar-refractivity contribution in [3.05, 3.63) is 33.5 Å². The van der Waals surface area contributed by atoms with E-state index in [1.807, 2.05) is 0 Å². The van der Waals surface area contributed by atoms with E-state index in [1.165, 1.54) is 37.3 Å². The fourth-order valence-electron chi connectivity index (χ4n) is 2.45. The molecule has 1 heterocycles. The first-order valence-corrected chi connectivity index (χ1v) is 8.76. The van der Waals surface area contributed by atoms with Gasteiger partial charge in [0.1, 0.15) is 0 Å². The number of rotatable bonds is 7. The van der Waals surface area contributed by atoms with E-state index in [9.17, 15) is 4.79 Å². The number of carbonyl (C=O) groups is 1. The van der Waals surface area contributed by atoms with E-state index in [4.69, 9.17) is 14.2 Å². The summed E-state index contributed by atoms with van der Waals surface area (Å²) in [5.74, 6) is 1.46. The second kappa shape index (κ2) is 8.62. The molecule has 2 N–H and O–H groups in total. The number of hydrogen-bond acceptors (Lipinski definition) is 5. The molecule has 0 fully saturated rings. The largest absolute Gasteiger partial charge is 0.493 e. The molecule has 0 aliphatic rings. The molecule has 0 aliphatic carbocycles. The Hall–Kier alpha value is -2.41. The summed E-state index contributed by atoms with van der Waals surface area (Å²) in [5.41, 5.74) is 3.14. The summed E-state index contributed by atoms with van der Waals surface area (Å²) in [6.07, 6.45) is 0.804. The minimum absolute atomic E-state index is 0.279. The van der Waals surface area contributed by atoms with Crippen LogP contribution in [-0.2, 0) is 6.42 Å². The standard InChI is InChI=1S/C18H24N2O4S/c1-11-12(2)25-10-13(11)6-7-19-18(21)20-14-8-15(22-3)17(24-5)16(9-14)23-4/h8-10H,6-7H2,1-5H3,(H2,19,20,21). The van der Waals surface area contributed by atoms with Crippen LogP contribution in [0.4, 0.5) is 10.5 Å². The quantitative estimate of drug-likeness (QED) is 0.785. The summed E-state index contributed by atoms with van der Waals surface area (Å²) in [6, 6.07) is 3.10. The number of methoxy groups -OCH3 is 3. The highest BCUT2D eigenvalue weighted by Gasteiger charge is 2.14. The van der Waals surface area contributed by atoms with Gasteiger partial charge in [-0.25, -0.2) is 4.79 Å². The molecule has 7 heteroatoms. The molecule has 2 rings (SSSR count). The molecule has 0 unspecified atom stereocenters. The zero-order valence-electron chi connectivity index (χ0n) is 15.2. The predicted molar refractivity (Wildman–Crippen MR) is 101 cm³/mol. The monoisotopic (exact) mass is 364 g/mol. The van der Waals surface area contributed by atoms with E-state index >= 15 is 0 Å². The third-order valence-corrected chi connectivity index (χ3v) is 5.05. The Balaban J connectivity index is 1.97. The number of nitrogens with one attached hydrogen (secondary N) is 2. The topological polar surface area (TPSA) is 68.8 Å². The Morgan fingerprint density at radius 2 is 1.72 bits per heavy atom. The molecule has 0 aliphatic heterocycles. The zero-order chi connectivity index (χ0) is 18.4. The second-order valence-corrected chi connectivity index (χ2v) is 6.57. The van der Waals surface area contributed by atoms with Gasteiger partial charge in [0.2, 0.25) is 5.75 Å². The van der Waals surface area contributed by atoms with Crippen molar-refractivity contribution < 1.29 is 19.0 Å². The number of ether oxygens (including phenoxy) is 3. The van der Waals surface area contributed by atoms with E-state index in [-0.39, 0.29) is 6.03 Å². The number of amides is 2. The highest BCUT2D eigenvalue weighted by Crippen LogP contribution is 2.39. The molecule has 0 saturated carbocycles. The summed E-state index contributed by atoms with van der Waals surface area (Å²) in [7, 11) is 4.60. The van der Waals surface area contributed by atoms with E-state index in [0.717, 1.165) is 6.42 Å². The van der Waals surface area contributed by atoms with Gasteiger partial charge in [0, 0.05) is 23.6 Å². The van der Waals surface area contributed by atoms with Gasteiger partial charge in [0.15, 0.2) is 11.5 Å². The molecule has 0 radical (unpaired) electrons.